The molecule has 0 saturated heterocycles. The minimum atomic E-state index is -1.36. The third-order valence-electron chi connectivity index (χ3n) is 5.90. The summed E-state index contributed by atoms with van der Waals surface area (Å²) in [6.45, 7) is 3.57. The van der Waals surface area contributed by atoms with E-state index in [1.165, 1.54) is 24.3 Å². The molecule has 4 amide bonds. The number of amides is 4. The van der Waals surface area contributed by atoms with Crippen LogP contribution in [0.3, 0.4) is 0 Å². The summed E-state index contributed by atoms with van der Waals surface area (Å²) in [5.74, 6) is -4.66. The molecule has 0 aliphatic heterocycles. The van der Waals surface area contributed by atoms with Crippen LogP contribution >= 0.6 is 0 Å². The Hall–Kier alpha value is -4.40. The van der Waals surface area contributed by atoms with E-state index in [4.69, 9.17) is 22.9 Å². The van der Waals surface area contributed by atoms with Gasteiger partial charge in [0.05, 0.1) is 6.04 Å². The molecule has 15 heteroatoms. The fourth-order valence-corrected chi connectivity index (χ4v) is 3.51. The molecule has 0 aliphatic carbocycles. The summed E-state index contributed by atoms with van der Waals surface area (Å²) >= 11 is 0. The largest absolute Gasteiger partial charge is 0.508 e. The molecule has 0 bridgehead atoms. The van der Waals surface area contributed by atoms with E-state index < -0.39 is 53.8 Å². The monoisotopic (exact) mass is 564 g/mol. The lowest BCUT2D eigenvalue weighted by molar-refractivity contribution is -0.142. The minimum Gasteiger partial charge on any atom is -0.508 e. The van der Waals surface area contributed by atoms with Crippen molar-refractivity contribution in [2.24, 2.45) is 33.8 Å². The normalized spacial score (nSPS) is 13.8. The lowest BCUT2D eigenvalue weighted by Gasteiger charge is -2.25. The van der Waals surface area contributed by atoms with Crippen LogP contribution in [0.4, 0.5) is 0 Å². The van der Waals surface area contributed by atoms with Crippen molar-refractivity contribution in [3.63, 3.8) is 0 Å². The Labute approximate surface area is 232 Å². The van der Waals surface area contributed by atoms with Crippen molar-refractivity contribution in [1.29, 1.82) is 0 Å². The number of carbonyl (C=O) groups is 5. The summed E-state index contributed by atoms with van der Waals surface area (Å²) in [5, 5.41) is 26.6. The third-order valence-corrected chi connectivity index (χ3v) is 5.90. The van der Waals surface area contributed by atoms with Gasteiger partial charge < -0.3 is 49.1 Å². The zero-order valence-electron chi connectivity index (χ0n) is 22.6. The number of rotatable bonds is 17. The van der Waals surface area contributed by atoms with E-state index in [0.717, 1.165) is 0 Å². The van der Waals surface area contributed by atoms with Crippen LogP contribution in [0.1, 0.15) is 45.1 Å². The Morgan fingerprint density at radius 2 is 1.38 bits per heavy atom. The van der Waals surface area contributed by atoms with Crippen molar-refractivity contribution in [2.75, 3.05) is 6.54 Å². The first kappa shape index (κ1) is 33.6. The Morgan fingerprint density at radius 1 is 0.850 bits per heavy atom. The van der Waals surface area contributed by atoms with Crippen LogP contribution in [0.2, 0.25) is 0 Å². The van der Waals surface area contributed by atoms with Crippen LogP contribution < -0.4 is 38.9 Å². The van der Waals surface area contributed by atoms with Crippen LogP contribution in [0.15, 0.2) is 29.3 Å². The third kappa shape index (κ3) is 12.4. The molecule has 0 heterocycles. The quantitative estimate of drug-likeness (QED) is 0.0558. The van der Waals surface area contributed by atoms with Gasteiger partial charge in [0.1, 0.15) is 23.9 Å². The molecule has 1 rings (SSSR count). The van der Waals surface area contributed by atoms with Crippen molar-refractivity contribution in [3.8, 4) is 5.75 Å². The first-order chi connectivity index (χ1) is 18.7. The fourth-order valence-electron chi connectivity index (χ4n) is 3.51. The van der Waals surface area contributed by atoms with Crippen molar-refractivity contribution < 1.29 is 34.2 Å². The molecule has 40 heavy (non-hydrogen) atoms. The number of phenols is 1. The maximum absolute atomic E-state index is 13.2. The first-order valence-corrected chi connectivity index (χ1v) is 12.7. The van der Waals surface area contributed by atoms with E-state index in [-0.39, 0.29) is 56.3 Å². The molecule has 4 unspecified atom stereocenters. The second-order valence-electron chi connectivity index (χ2n) is 9.62. The number of hydrogen-bond donors (Lipinski definition) is 9. The highest BCUT2D eigenvalue weighted by molar-refractivity contribution is 5.94. The van der Waals surface area contributed by atoms with Gasteiger partial charge in [-0.2, -0.15) is 0 Å². The van der Waals surface area contributed by atoms with Gasteiger partial charge in [0, 0.05) is 19.4 Å². The van der Waals surface area contributed by atoms with Crippen molar-refractivity contribution in [2.45, 2.75) is 70.1 Å². The number of benzene rings is 1. The van der Waals surface area contributed by atoms with Gasteiger partial charge in [-0.05, 0) is 42.9 Å². The van der Waals surface area contributed by atoms with Crippen LogP contribution in [0.25, 0.3) is 0 Å². The number of aliphatic carboxylic acids is 1. The summed E-state index contributed by atoms with van der Waals surface area (Å²) in [5.41, 5.74) is 22.3. The highest BCUT2D eigenvalue weighted by Crippen LogP contribution is 2.12. The summed E-state index contributed by atoms with van der Waals surface area (Å²) in [4.78, 5) is 66.0. The average Bonchev–Trinajstić information content (AvgIpc) is 2.87. The molecular formula is C25H40N8O7. The van der Waals surface area contributed by atoms with Crippen molar-refractivity contribution in [1.82, 2.24) is 16.0 Å². The number of aromatic hydroxyl groups is 1. The number of carbonyl (C=O) groups excluding carboxylic acids is 4. The molecule has 0 fully saturated rings. The van der Waals surface area contributed by atoms with Crippen LogP contribution in [0, 0.1) is 5.92 Å². The van der Waals surface area contributed by atoms with Crippen molar-refractivity contribution in [3.05, 3.63) is 29.8 Å². The highest BCUT2D eigenvalue weighted by Gasteiger charge is 2.31. The maximum Gasteiger partial charge on any atom is 0.326 e. The Balaban J connectivity index is 3.12. The van der Waals surface area contributed by atoms with Crippen LogP contribution in [-0.2, 0) is 30.4 Å². The van der Waals surface area contributed by atoms with E-state index in [0.29, 0.717) is 5.56 Å². The molecule has 1 aromatic carbocycles. The average molecular weight is 565 g/mol. The zero-order chi connectivity index (χ0) is 30.4. The number of carboxylic acids is 1. The lowest BCUT2D eigenvalue weighted by Crippen LogP contribution is -2.57. The Kier molecular flexibility index (Phi) is 13.9. The molecule has 0 aromatic heterocycles. The maximum atomic E-state index is 13.2. The molecule has 15 nitrogen and oxygen atoms in total. The molecule has 0 saturated carbocycles. The van der Waals surface area contributed by atoms with Gasteiger partial charge in [-0.15, -0.1) is 0 Å². The summed E-state index contributed by atoms with van der Waals surface area (Å²) < 4.78 is 0. The molecule has 1 aromatic rings. The lowest BCUT2D eigenvalue weighted by atomic mass is 10.0. The predicted molar refractivity (Wildman–Crippen MR) is 146 cm³/mol. The molecular weight excluding hydrogens is 524 g/mol. The van der Waals surface area contributed by atoms with E-state index in [2.05, 4.69) is 20.9 Å². The zero-order valence-corrected chi connectivity index (χ0v) is 22.6. The molecule has 0 radical (unpaired) electrons. The number of hydrogen-bond acceptors (Lipinski definition) is 8. The Morgan fingerprint density at radius 3 is 1.88 bits per heavy atom. The molecule has 13 N–H and O–H groups in total. The van der Waals surface area contributed by atoms with Gasteiger partial charge in [-0.25, -0.2) is 4.79 Å². The van der Waals surface area contributed by atoms with Crippen molar-refractivity contribution >= 4 is 35.6 Å². The Bertz CT molecular complexity index is 1060. The summed E-state index contributed by atoms with van der Waals surface area (Å²) in [7, 11) is 0. The topological polar surface area (TPSA) is 278 Å². The first-order valence-electron chi connectivity index (χ1n) is 12.7. The van der Waals surface area contributed by atoms with E-state index in [1.807, 2.05) is 0 Å². The minimum absolute atomic E-state index is 0.00413. The number of nitrogens with two attached hydrogens (primary N) is 4. The number of phenolic OH excluding ortho intramolecular Hbond substituents is 1. The SMILES string of the molecule is CC(C)C(N)C(=O)NC(CCC(N)=O)C(=O)NC(CCCN=C(N)N)C(=O)NC(Cc1ccc(O)cc1)C(=O)O. The summed E-state index contributed by atoms with van der Waals surface area (Å²) in [6, 6.07) is 1.02. The number of guanidine groups is 1. The molecule has 4 atom stereocenters. The highest BCUT2D eigenvalue weighted by atomic mass is 16.4. The van der Waals surface area contributed by atoms with Gasteiger partial charge in [-0.1, -0.05) is 26.0 Å². The molecule has 0 spiro atoms. The van der Waals surface area contributed by atoms with Gasteiger partial charge in [0.2, 0.25) is 23.6 Å². The van der Waals surface area contributed by atoms with E-state index >= 15 is 0 Å². The van der Waals surface area contributed by atoms with E-state index in [9.17, 15) is 34.2 Å². The fraction of sp³-hybridized carbons (Fsp3) is 0.520. The van der Waals surface area contributed by atoms with Gasteiger partial charge in [0.25, 0.3) is 0 Å². The van der Waals surface area contributed by atoms with Crippen LogP contribution in [-0.4, -0.2) is 76.5 Å². The molecule has 0 aliphatic rings. The summed E-state index contributed by atoms with van der Waals surface area (Å²) in [6.07, 6.45) is -0.228. The number of primary amides is 1. The van der Waals surface area contributed by atoms with Gasteiger partial charge >= 0.3 is 5.97 Å². The van der Waals surface area contributed by atoms with Gasteiger partial charge in [-0.3, -0.25) is 24.2 Å². The smallest absolute Gasteiger partial charge is 0.326 e. The standard InChI is InChI=1S/C25H40N8O7/c1-13(2)20(27)23(38)32-17(9-10-19(26)35)22(37)31-16(4-3-11-30-25(28)29)21(36)33-18(24(39)40)12-14-5-7-15(34)8-6-14/h5-8,13,16-18,20,34H,3-4,9-12,27H2,1-2H3,(H2,26,35)(H,31,37)(H,32,38)(H,33,36)(H,39,40)(H4,28,29,30). The predicted octanol–water partition coefficient (Wildman–Crippen LogP) is -2.22. The van der Waals surface area contributed by atoms with Gasteiger partial charge in [0.15, 0.2) is 5.96 Å². The van der Waals surface area contributed by atoms with E-state index in [1.54, 1.807) is 13.8 Å². The second-order valence-corrected chi connectivity index (χ2v) is 9.62. The number of nitrogens with one attached hydrogen (secondary N) is 3. The number of nitrogens with zero attached hydrogens (tertiary/aromatic N) is 1. The molecule has 222 valence electrons. The number of carboxylic acid groups (broad SMARTS) is 1. The van der Waals surface area contributed by atoms with Crippen LogP contribution in [0.5, 0.6) is 5.75 Å². The second kappa shape index (κ2) is 16.5. The number of aliphatic imine (C=N–C) groups is 1.